The highest BCUT2D eigenvalue weighted by atomic mass is 16.5. The summed E-state index contributed by atoms with van der Waals surface area (Å²) in [4.78, 5) is 12.4. The van der Waals surface area contributed by atoms with Gasteiger partial charge in [0, 0.05) is 6.61 Å². The summed E-state index contributed by atoms with van der Waals surface area (Å²) in [6, 6.07) is 7.18. The van der Waals surface area contributed by atoms with Crippen molar-refractivity contribution in [2.75, 3.05) is 18.5 Å². The summed E-state index contributed by atoms with van der Waals surface area (Å²) in [6.45, 7) is 10.6. The normalized spacial score (nSPS) is 13.3. The molecule has 0 heterocycles. The van der Waals surface area contributed by atoms with Crippen LogP contribution in [0.3, 0.4) is 0 Å². The summed E-state index contributed by atoms with van der Waals surface area (Å²) >= 11 is 0. The van der Waals surface area contributed by atoms with Gasteiger partial charge in [-0.2, -0.15) is 5.26 Å². The summed E-state index contributed by atoms with van der Waals surface area (Å²) in [5, 5.41) is 12.1. The fourth-order valence-electron chi connectivity index (χ4n) is 1.98. The molecule has 0 unspecified atom stereocenters. The molecule has 1 aromatic rings. The predicted octanol–water partition coefficient (Wildman–Crippen LogP) is 3.74. The van der Waals surface area contributed by atoms with Gasteiger partial charge in [-0.1, -0.05) is 20.8 Å². The van der Waals surface area contributed by atoms with Gasteiger partial charge in [0.05, 0.1) is 17.9 Å². The molecular weight excluding hydrogens is 292 g/mol. The number of nitrogens with one attached hydrogen (secondary N) is 1. The third kappa shape index (κ3) is 5.26. The van der Waals surface area contributed by atoms with Crippen LogP contribution < -0.4 is 10.1 Å². The second-order valence-corrected chi connectivity index (χ2v) is 6.00. The number of ether oxygens (including phenoxy) is 2. The van der Waals surface area contributed by atoms with Crippen molar-refractivity contribution in [1.82, 2.24) is 0 Å². The molecule has 0 aromatic heterocycles. The highest BCUT2D eigenvalue weighted by Gasteiger charge is 2.32. The van der Waals surface area contributed by atoms with Gasteiger partial charge in [0.1, 0.15) is 17.4 Å². The van der Waals surface area contributed by atoms with Crippen LogP contribution in [0.4, 0.5) is 5.69 Å². The monoisotopic (exact) mass is 318 g/mol. The van der Waals surface area contributed by atoms with Crippen molar-refractivity contribution in [2.24, 2.45) is 5.92 Å². The van der Waals surface area contributed by atoms with Crippen molar-refractivity contribution in [3.05, 3.63) is 23.8 Å². The summed E-state index contributed by atoms with van der Waals surface area (Å²) in [5.41, 5.74) is -0.0720. The summed E-state index contributed by atoms with van der Waals surface area (Å²) < 4.78 is 11.2. The third-order valence-electron chi connectivity index (χ3n) is 3.56. The number of hydrogen-bond acceptors (Lipinski definition) is 4. The minimum Gasteiger partial charge on any atom is -0.493 e. The van der Waals surface area contributed by atoms with Crippen LogP contribution in [0.1, 0.15) is 46.6 Å². The Kier molecular flexibility index (Phi) is 7.05. The molecule has 1 rings (SSSR count). The molecule has 0 spiro atoms. The van der Waals surface area contributed by atoms with E-state index >= 15 is 0 Å². The molecule has 1 amide bonds. The van der Waals surface area contributed by atoms with Crippen molar-refractivity contribution in [2.45, 2.75) is 46.6 Å². The van der Waals surface area contributed by atoms with E-state index < -0.39 is 5.60 Å². The Morgan fingerprint density at radius 2 is 2.09 bits per heavy atom. The lowest BCUT2D eigenvalue weighted by molar-refractivity contribution is -0.139. The lowest BCUT2D eigenvalue weighted by atomic mass is 10.0. The lowest BCUT2D eigenvalue weighted by Crippen LogP contribution is -2.42. The topological polar surface area (TPSA) is 71.3 Å². The molecule has 5 heteroatoms. The largest absolute Gasteiger partial charge is 0.493 e. The molecule has 23 heavy (non-hydrogen) atoms. The van der Waals surface area contributed by atoms with Gasteiger partial charge >= 0.3 is 0 Å². The van der Waals surface area contributed by atoms with Crippen LogP contribution in [0, 0.1) is 17.2 Å². The molecule has 0 fully saturated rings. The van der Waals surface area contributed by atoms with E-state index in [2.05, 4.69) is 25.2 Å². The van der Waals surface area contributed by atoms with Gasteiger partial charge < -0.3 is 14.8 Å². The summed E-state index contributed by atoms with van der Waals surface area (Å²) in [6.07, 6.45) is 0.546. The zero-order chi connectivity index (χ0) is 17.5. The van der Waals surface area contributed by atoms with E-state index in [4.69, 9.17) is 9.47 Å². The Bertz CT molecular complexity index is 578. The van der Waals surface area contributed by atoms with Gasteiger partial charge in [-0.05, 0) is 44.4 Å². The molecule has 0 aliphatic carbocycles. The van der Waals surface area contributed by atoms with Gasteiger partial charge in [-0.15, -0.1) is 0 Å². The SMILES string of the molecule is CCO[C@](C)(CC)C(=O)Nc1ccc(OCC(C)C)cc1C#N. The average Bonchev–Trinajstić information content (AvgIpc) is 2.53. The second-order valence-electron chi connectivity index (χ2n) is 6.00. The first-order valence-corrected chi connectivity index (χ1v) is 7.98. The van der Waals surface area contributed by atoms with E-state index in [1.807, 2.05) is 13.8 Å². The number of benzene rings is 1. The zero-order valence-corrected chi connectivity index (χ0v) is 14.6. The van der Waals surface area contributed by atoms with Gasteiger partial charge in [0.25, 0.3) is 5.91 Å². The molecule has 1 N–H and O–H groups in total. The summed E-state index contributed by atoms with van der Waals surface area (Å²) in [7, 11) is 0. The van der Waals surface area contributed by atoms with Gasteiger partial charge in [0.15, 0.2) is 0 Å². The van der Waals surface area contributed by atoms with Crippen molar-refractivity contribution >= 4 is 11.6 Å². The van der Waals surface area contributed by atoms with Crippen LogP contribution in [-0.4, -0.2) is 24.7 Å². The molecular formula is C18H26N2O3. The Morgan fingerprint density at radius 1 is 1.39 bits per heavy atom. The molecule has 0 radical (unpaired) electrons. The second kappa shape index (κ2) is 8.54. The number of carbonyl (C=O) groups excluding carboxylic acids is 1. The molecule has 0 aliphatic rings. The van der Waals surface area contributed by atoms with Crippen LogP contribution in [-0.2, 0) is 9.53 Å². The molecule has 0 aliphatic heterocycles. The van der Waals surface area contributed by atoms with Crippen molar-refractivity contribution in [1.29, 1.82) is 5.26 Å². The maximum atomic E-state index is 12.4. The fraction of sp³-hybridized carbons (Fsp3) is 0.556. The molecule has 0 saturated carbocycles. The molecule has 1 atom stereocenters. The number of hydrogen-bond donors (Lipinski definition) is 1. The molecule has 1 aromatic carbocycles. The van der Waals surface area contributed by atoms with E-state index in [9.17, 15) is 10.1 Å². The van der Waals surface area contributed by atoms with Crippen molar-refractivity contribution < 1.29 is 14.3 Å². The minimum absolute atomic E-state index is 0.255. The Hall–Kier alpha value is -2.06. The van der Waals surface area contributed by atoms with Gasteiger partial charge in [0.2, 0.25) is 0 Å². The molecule has 126 valence electrons. The van der Waals surface area contributed by atoms with Crippen LogP contribution in [0.2, 0.25) is 0 Å². The number of nitriles is 1. The number of nitrogens with zero attached hydrogens (tertiary/aromatic N) is 1. The highest BCUT2D eigenvalue weighted by molar-refractivity contribution is 5.98. The number of anilines is 1. The standard InChI is InChI=1S/C18H26N2O3/c1-6-18(5,23-7-2)17(21)20-16-9-8-15(10-14(16)11-19)22-12-13(3)4/h8-10,13H,6-7,12H2,1-5H3,(H,20,21)/t18-/m1/s1. The van der Waals surface area contributed by atoms with Crippen molar-refractivity contribution in [3.8, 4) is 11.8 Å². The van der Waals surface area contributed by atoms with Crippen LogP contribution in [0.25, 0.3) is 0 Å². The first-order valence-electron chi connectivity index (χ1n) is 7.98. The van der Waals surface area contributed by atoms with E-state index in [0.29, 0.717) is 42.6 Å². The number of amides is 1. The van der Waals surface area contributed by atoms with E-state index in [1.165, 1.54) is 0 Å². The van der Waals surface area contributed by atoms with E-state index in [-0.39, 0.29) is 5.91 Å². The summed E-state index contributed by atoms with van der Waals surface area (Å²) in [5.74, 6) is 0.766. The molecule has 0 saturated heterocycles. The highest BCUT2D eigenvalue weighted by Crippen LogP contribution is 2.24. The first-order chi connectivity index (χ1) is 10.9. The number of carbonyl (C=O) groups is 1. The average molecular weight is 318 g/mol. The number of rotatable bonds is 8. The molecule has 5 nitrogen and oxygen atoms in total. The lowest BCUT2D eigenvalue weighted by Gasteiger charge is -2.27. The van der Waals surface area contributed by atoms with Crippen LogP contribution in [0.5, 0.6) is 5.75 Å². The Labute approximate surface area is 138 Å². The van der Waals surface area contributed by atoms with Gasteiger partial charge in [-0.3, -0.25) is 4.79 Å². The van der Waals surface area contributed by atoms with Crippen molar-refractivity contribution in [3.63, 3.8) is 0 Å². The quantitative estimate of drug-likeness (QED) is 0.792. The minimum atomic E-state index is -0.908. The fourth-order valence-corrected chi connectivity index (χ4v) is 1.98. The maximum Gasteiger partial charge on any atom is 0.256 e. The van der Waals surface area contributed by atoms with Gasteiger partial charge in [-0.25, -0.2) is 0 Å². The van der Waals surface area contributed by atoms with E-state index in [0.717, 1.165) is 0 Å². The third-order valence-corrected chi connectivity index (χ3v) is 3.56. The van der Waals surface area contributed by atoms with E-state index in [1.54, 1.807) is 25.1 Å². The maximum absolute atomic E-state index is 12.4. The van der Waals surface area contributed by atoms with Crippen LogP contribution in [0.15, 0.2) is 18.2 Å². The predicted molar refractivity (Wildman–Crippen MR) is 90.4 cm³/mol. The first kappa shape index (κ1) is 19.0. The zero-order valence-electron chi connectivity index (χ0n) is 14.6. The van der Waals surface area contributed by atoms with Crippen LogP contribution >= 0.6 is 0 Å². The Morgan fingerprint density at radius 3 is 2.61 bits per heavy atom. The smallest absolute Gasteiger partial charge is 0.256 e. The Balaban J connectivity index is 2.92. The molecule has 0 bridgehead atoms.